The van der Waals surface area contributed by atoms with Crippen molar-refractivity contribution in [2.24, 2.45) is 5.92 Å². The maximum atomic E-state index is 13.2. The first-order chi connectivity index (χ1) is 14.8. The van der Waals surface area contributed by atoms with E-state index >= 15 is 0 Å². The Morgan fingerprint density at radius 1 is 1.23 bits per heavy atom. The molecule has 8 heteroatoms. The first-order valence-electron chi connectivity index (χ1n) is 10.2. The van der Waals surface area contributed by atoms with Crippen LogP contribution in [0.4, 0.5) is 0 Å². The molecule has 2 aliphatic heterocycles. The van der Waals surface area contributed by atoms with Crippen LogP contribution in [-0.4, -0.2) is 72.3 Å². The van der Waals surface area contributed by atoms with Gasteiger partial charge in [0.2, 0.25) is 5.91 Å². The second kappa shape index (κ2) is 8.02. The van der Waals surface area contributed by atoms with Gasteiger partial charge in [0.1, 0.15) is 5.75 Å². The Kier molecular flexibility index (Phi) is 5.39. The molecule has 8 nitrogen and oxygen atoms in total. The van der Waals surface area contributed by atoms with Gasteiger partial charge in [-0.1, -0.05) is 6.07 Å². The van der Waals surface area contributed by atoms with E-state index in [9.17, 15) is 14.4 Å². The van der Waals surface area contributed by atoms with Crippen LogP contribution in [0, 0.1) is 5.92 Å². The van der Waals surface area contributed by atoms with Crippen molar-refractivity contribution in [2.45, 2.75) is 18.4 Å². The number of hydrogen-bond acceptors (Lipinski definition) is 5. The predicted molar refractivity (Wildman–Crippen MR) is 114 cm³/mol. The number of rotatable bonds is 3. The first-order valence-corrected chi connectivity index (χ1v) is 10.2. The number of carbonyl (C=O) groups is 3. The molecule has 1 saturated heterocycles. The van der Waals surface area contributed by atoms with E-state index in [4.69, 9.17) is 4.74 Å². The fraction of sp³-hybridized carbons (Fsp3) is 0.391. The second-order valence-corrected chi connectivity index (χ2v) is 8.34. The van der Waals surface area contributed by atoms with Gasteiger partial charge in [-0.25, -0.2) is 0 Å². The lowest BCUT2D eigenvalue weighted by Crippen LogP contribution is -2.57. The smallest absolute Gasteiger partial charge is 0.254 e. The molecule has 3 heterocycles. The zero-order valence-corrected chi connectivity index (χ0v) is 17.9. The fourth-order valence-corrected chi connectivity index (χ4v) is 4.57. The first kappa shape index (κ1) is 20.8. The number of amides is 3. The fourth-order valence-electron chi connectivity index (χ4n) is 4.57. The van der Waals surface area contributed by atoms with E-state index in [1.165, 1.54) is 4.90 Å². The number of carbonyl (C=O) groups excluding carboxylic acids is 3. The number of aromatic nitrogens is 1. The molecule has 4 rings (SSSR count). The third-order valence-electron chi connectivity index (χ3n) is 6.26. The molecule has 2 aliphatic rings. The maximum Gasteiger partial charge on any atom is 0.254 e. The van der Waals surface area contributed by atoms with Crippen LogP contribution in [0.2, 0.25) is 0 Å². The number of aryl methyl sites for hydroxylation is 1. The molecule has 1 aromatic carbocycles. The number of ether oxygens (including phenoxy) is 1. The van der Waals surface area contributed by atoms with Crippen LogP contribution in [0.15, 0.2) is 42.7 Å². The lowest BCUT2D eigenvalue weighted by Gasteiger charge is -2.34. The van der Waals surface area contributed by atoms with E-state index in [2.05, 4.69) is 10.3 Å². The molecule has 2 atom stereocenters. The van der Waals surface area contributed by atoms with Crippen LogP contribution in [0.25, 0.3) is 0 Å². The predicted octanol–water partition coefficient (Wildman–Crippen LogP) is 1.37. The molecular weight excluding hydrogens is 396 g/mol. The van der Waals surface area contributed by atoms with Crippen LogP contribution in [-0.2, 0) is 11.2 Å². The maximum absolute atomic E-state index is 13.2. The Labute approximate surface area is 181 Å². The van der Waals surface area contributed by atoms with Crippen molar-refractivity contribution in [3.05, 3.63) is 59.4 Å². The van der Waals surface area contributed by atoms with Crippen LogP contribution >= 0.6 is 0 Å². The molecule has 1 N–H and O–H groups in total. The molecule has 1 fully saturated rings. The van der Waals surface area contributed by atoms with Crippen LogP contribution in [0.5, 0.6) is 5.75 Å². The number of nitrogens with zero attached hydrogens (tertiary/aromatic N) is 3. The van der Waals surface area contributed by atoms with E-state index in [1.807, 2.05) is 12.1 Å². The van der Waals surface area contributed by atoms with E-state index in [0.29, 0.717) is 29.7 Å². The Balaban J connectivity index is 1.69. The van der Waals surface area contributed by atoms with E-state index in [0.717, 1.165) is 5.56 Å². The van der Waals surface area contributed by atoms with Gasteiger partial charge in [-0.05, 0) is 42.7 Å². The molecular formula is C23H26N4O4. The highest BCUT2D eigenvalue weighted by Crippen LogP contribution is 2.37. The largest absolute Gasteiger partial charge is 0.497 e. The minimum atomic E-state index is -0.840. The van der Waals surface area contributed by atoms with E-state index in [-0.39, 0.29) is 30.8 Å². The van der Waals surface area contributed by atoms with Crippen LogP contribution < -0.4 is 10.1 Å². The second-order valence-electron chi connectivity index (χ2n) is 8.34. The molecule has 0 bridgehead atoms. The SMILES string of the molecule is COc1ccc2c(c1)C(=O)N[C@@]1(CC2)CN(C(=O)c2ccncc2)C[C@@H]1C(=O)N(C)C. The third kappa shape index (κ3) is 3.73. The van der Waals surface area contributed by atoms with Gasteiger partial charge in [0.05, 0.1) is 18.6 Å². The molecule has 0 radical (unpaired) electrons. The van der Waals surface area contributed by atoms with Gasteiger partial charge in [-0.3, -0.25) is 19.4 Å². The minimum absolute atomic E-state index is 0.103. The Morgan fingerprint density at radius 3 is 2.65 bits per heavy atom. The summed E-state index contributed by atoms with van der Waals surface area (Å²) >= 11 is 0. The Hall–Kier alpha value is -3.42. The summed E-state index contributed by atoms with van der Waals surface area (Å²) < 4.78 is 5.28. The van der Waals surface area contributed by atoms with Crippen molar-refractivity contribution in [3.8, 4) is 5.75 Å². The minimum Gasteiger partial charge on any atom is -0.497 e. The zero-order chi connectivity index (χ0) is 22.2. The van der Waals surface area contributed by atoms with Crippen molar-refractivity contribution >= 4 is 17.7 Å². The highest BCUT2D eigenvalue weighted by atomic mass is 16.5. The summed E-state index contributed by atoms with van der Waals surface area (Å²) in [4.78, 5) is 46.6. The standard InChI is InChI=1S/C23H26N4O4/c1-26(2)22(30)19-13-27(21(29)16-7-10-24-11-8-16)14-23(19)9-6-15-4-5-17(31-3)12-18(15)20(28)25-23/h4-5,7-8,10-12,19H,6,9,13-14H2,1-3H3,(H,25,28)/t19-,23+/m1/s1. The van der Waals surface area contributed by atoms with Gasteiger partial charge in [0.25, 0.3) is 11.8 Å². The summed E-state index contributed by atoms with van der Waals surface area (Å²) in [7, 11) is 4.95. The van der Waals surface area contributed by atoms with Gasteiger partial charge in [0, 0.05) is 50.7 Å². The van der Waals surface area contributed by atoms with Crippen molar-refractivity contribution in [2.75, 3.05) is 34.3 Å². The number of methoxy groups -OCH3 is 1. The highest BCUT2D eigenvalue weighted by Gasteiger charge is 2.53. The summed E-state index contributed by atoms with van der Waals surface area (Å²) in [6.07, 6.45) is 4.31. The number of pyridine rings is 1. The van der Waals surface area contributed by atoms with Crippen LogP contribution in [0.1, 0.15) is 32.7 Å². The van der Waals surface area contributed by atoms with Crippen molar-refractivity contribution in [3.63, 3.8) is 0 Å². The number of benzene rings is 1. The van der Waals surface area contributed by atoms with Crippen molar-refractivity contribution < 1.29 is 19.1 Å². The summed E-state index contributed by atoms with van der Waals surface area (Å²) in [5.41, 5.74) is 1.13. The Morgan fingerprint density at radius 2 is 1.97 bits per heavy atom. The molecule has 1 aromatic heterocycles. The third-order valence-corrected chi connectivity index (χ3v) is 6.26. The van der Waals surface area contributed by atoms with Crippen molar-refractivity contribution in [1.29, 1.82) is 0 Å². The van der Waals surface area contributed by atoms with Gasteiger partial charge in [-0.2, -0.15) is 0 Å². The zero-order valence-electron chi connectivity index (χ0n) is 17.9. The molecule has 1 spiro atoms. The average molecular weight is 422 g/mol. The number of likely N-dealkylation sites (tertiary alicyclic amines) is 1. The average Bonchev–Trinajstić information content (AvgIpc) is 3.09. The molecule has 2 aromatic rings. The summed E-state index contributed by atoms with van der Waals surface area (Å²) in [5, 5.41) is 3.14. The van der Waals surface area contributed by atoms with Gasteiger partial charge < -0.3 is 19.9 Å². The highest BCUT2D eigenvalue weighted by molar-refractivity contribution is 5.99. The molecule has 162 valence electrons. The van der Waals surface area contributed by atoms with Gasteiger partial charge in [-0.15, -0.1) is 0 Å². The molecule has 31 heavy (non-hydrogen) atoms. The van der Waals surface area contributed by atoms with Gasteiger partial charge >= 0.3 is 0 Å². The Bertz CT molecular complexity index is 1020. The van der Waals surface area contributed by atoms with E-state index in [1.54, 1.807) is 56.7 Å². The quantitative estimate of drug-likeness (QED) is 0.807. The molecule has 0 saturated carbocycles. The molecule has 3 amide bonds. The van der Waals surface area contributed by atoms with Gasteiger partial charge in [0.15, 0.2) is 0 Å². The number of fused-ring (bicyclic) bond motifs is 1. The monoisotopic (exact) mass is 422 g/mol. The molecule has 0 unspecified atom stereocenters. The molecule has 0 aliphatic carbocycles. The van der Waals surface area contributed by atoms with Crippen molar-refractivity contribution in [1.82, 2.24) is 20.1 Å². The summed E-state index contributed by atoms with van der Waals surface area (Å²) in [5.74, 6) is -0.455. The van der Waals surface area contributed by atoms with E-state index < -0.39 is 11.5 Å². The van der Waals surface area contributed by atoms with Crippen LogP contribution in [0.3, 0.4) is 0 Å². The number of hydrogen-bond donors (Lipinski definition) is 1. The normalized spacial score (nSPS) is 22.5. The topological polar surface area (TPSA) is 91.8 Å². The summed E-state index contributed by atoms with van der Waals surface area (Å²) in [6, 6.07) is 8.76. The summed E-state index contributed by atoms with van der Waals surface area (Å²) in [6.45, 7) is 0.521. The lowest BCUT2D eigenvalue weighted by atomic mass is 9.81. The lowest BCUT2D eigenvalue weighted by molar-refractivity contribution is -0.134. The number of nitrogens with one attached hydrogen (secondary N) is 1.